The standard InChI is InChI=1S/C27H23NO/c28-18-22-12-11-21-13-15-24-19(6-4-5-17-29-23-7-2-1-3-8-23)9-10-20-14-16-25(22)27(21)26(20)24/h1-3,7-16,21,27H,4-6,17H2. The molecule has 0 radical (unpaired) electrons. The number of rotatable bonds is 6. The lowest BCUT2D eigenvalue weighted by molar-refractivity contribution is 0.307. The number of nitriles is 1. The van der Waals surface area contributed by atoms with E-state index >= 15 is 0 Å². The molecule has 2 heteroatoms. The maximum Gasteiger partial charge on any atom is 0.119 e. The molecule has 2 aromatic rings. The van der Waals surface area contributed by atoms with Gasteiger partial charge in [0.25, 0.3) is 0 Å². The predicted octanol–water partition coefficient (Wildman–Crippen LogP) is 6.23. The molecule has 0 aromatic heterocycles. The zero-order chi connectivity index (χ0) is 19.6. The SMILES string of the molecule is N#CC1=C2C=Cc3ccc(CCCCOc4ccccc4)c4c3C2C(C=C1)C=C4. The molecule has 3 aliphatic carbocycles. The Kier molecular flexibility index (Phi) is 4.66. The van der Waals surface area contributed by atoms with Gasteiger partial charge in [0.15, 0.2) is 0 Å². The monoisotopic (exact) mass is 377 g/mol. The third-order valence-corrected chi connectivity index (χ3v) is 6.14. The van der Waals surface area contributed by atoms with Gasteiger partial charge in [-0.2, -0.15) is 5.26 Å². The molecule has 3 aliphatic rings. The summed E-state index contributed by atoms with van der Waals surface area (Å²) in [6.45, 7) is 0.747. The number of hydrogen-bond donors (Lipinski definition) is 0. The van der Waals surface area contributed by atoms with Crippen LogP contribution in [-0.4, -0.2) is 6.61 Å². The van der Waals surface area contributed by atoms with Crippen molar-refractivity contribution in [1.82, 2.24) is 0 Å². The van der Waals surface area contributed by atoms with Crippen LogP contribution in [0.15, 0.2) is 77.9 Å². The average molecular weight is 377 g/mol. The van der Waals surface area contributed by atoms with Gasteiger partial charge in [-0.3, -0.25) is 0 Å². The van der Waals surface area contributed by atoms with Crippen LogP contribution >= 0.6 is 0 Å². The van der Waals surface area contributed by atoms with Crippen LogP contribution in [0.3, 0.4) is 0 Å². The molecular weight excluding hydrogens is 354 g/mol. The number of benzene rings is 2. The minimum atomic E-state index is 0.288. The molecule has 29 heavy (non-hydrogen) atoms. The molecule has 0 heterocycles. The second-order valence-corrected chi connectivity index (χ2v) is 7.85. The van der Waals surface area contributed by atoms with E-state index in [1.165, 1.54) is 27.8 Å². The fourth-order valence-corrected chi connectivity index (χ4v) is 4.72. The average Bonchev–Trinajstić information content (AvgIpc) is 2.78. The lowest BCUT2D eigenvalue weighted by atomic mass is 9.67. The molecule has 142 valence electrons. The van der Waals surface area contributed by atoms with Gasteiger partial charge in [-0.05, 0) is 65.3 Å². The van der Waals surface area contributed by atoms with Crippen LogP contribution < -0.4 is 4.74 Å². The minimum absolute atomic E-state index is 0.288. The van der Waals surface area contributed by atoms with Crippen molar-refractivity contribution in [2.45, 2.75) is 25.2 Å². The van der Waals surface area contributed by atoms with Gasteiger partial charge in [-0.25, -0.2) is 0 Å². The maximum atomic E-state index is 9.53. The van der Waals surface area contributed by atoms with E-state index in [1.807, 2.05) is 36.4 Å². The van der Waals surface area contributed by atoms with Gasteiger partial charge in [0, 0.05) is 11.8 Å². The molecule has 2 aromatic carbocycles. The van der Waals surface area contributed by atoms with Crippen LogP contribution in [0.4, 0.5) is 0 Å². The third-order valence-electron chi connectivity index (χ3n) is 6.14. The van der Waals surface area contributed by atoms with Crippen molar-refractivity contribution in [3.63, 3.8) is 0 Å². The molecule has 0 bridgehead atoms. The van der Waals surface area contributed by atoms with Gasteiger partial charge >= 0.3 is 0 Å². The van der Waals surface area contributed by atoms with Gasteiger partial charge in [-0.15, -0.1) is 0 Å². The number of nitrogens with zero attached hydrogens (tertiary/aromatic N) is 1. The summed E-state index contributed by atoms with van der Waals surface area (Å²) in [6.07, 6.45) is 16.3. The van der Waals surface area contributed by atoms with Gasteiger partial charge < -0.3 is 4.74 Å². The summed E-state index contributed by atoms with van der Waals surface area (Å²) in [5, 5.41) is 9.53. The smallest absolute Gasteiger partial charge is 0.119 e. The molecule has 2 unspecified atom stereocenters. The fraction of sp³-hybridized carbons (Fsp3) is 0.222. The Morgan fingerprint density at radius 1 is 0.897 bits per heavy atom. The third kappa shape index (κ3) is 3.23. The van der Waals surface area contributed by atoms with E-state index in [0.717, 1.165) is 37.2 Å². The van der Waals surface area contributed by atoms with Gasteiger partial charge in [-0.1, -0.05) is 60.7 Å². The van der Waals surface area contributed by atoms with Crippen molar-refractivity contribution in [3.8, 4) is 11.8 Å². The highest BCUT2D eigenvalue weighted by Crippen LogP contribution is 2.49. The van der Waals surface area contributed by atoms with Crippen molar-refractivity contribution in [2.75, 3.05) is 6.61 Å². The predicted molar refractivity (Wildman–Crippen MR) is 117 cm³/mol. The number of aryl methyl sites for hydroxylation is 1. The molecule has 2 atom stereocenters. The minimum Gasteiger partial charge on any atom is -0.494 e. The van der Waals surface area contributed by atoms with E-state index in [1.54, 1.807) is 0 Å². The van der Waals surface area contributed by atoms with Gasteiger partial charge in [0.05, 0.1) is 18.2 Å². The highest BCUT2D eigenvalue weighted by atomic mass is 16.5. The molecule has 0 aliphatic heterocycles. The van der Waals surface area contributed by atoms with Crippen LogP contribution in [0.2, 0.25) is 0 Å². The highest BCUT2D eigenvalue weighted by molar-refractivity contribution is 5.77. The number of allylic oxidation sites excluding steroid dienone is 6. The summed E-state index contributed by atoms with van der Waals surface area (Å²) in [7, 11) is 0. The Morgan fingerprint density at radius 3 is 2.62 bits per heavy atom. The molecule has 0 spiro atoms. The van der Waals surface area contributed by atoms with Crippen LogP contribution in [-0.2, 0) is 6.42 Å². The zero-order valence-corrected chi connectivity index (χ0v) is 16.3. The molecule has 5 rings (SSSR count). The van der Waals surface area contributed by atoms with Crippen LogP contribution in [0.25, 0.3) is 12.2 Å². The summed E-state index contributed by atoms with van der Waals surface area (Å²) < 4.78 is 5.83. The van der Waals surface area contributed by atoms with Crippen molar-refractivity contribution < 1.29 is 4.74 Å². The second kappa shape index (κ2) is 7.60. The Bertz CT molecular complexity index is 1100. The second-order valence-electron chi connectivity index (χ2n) is 7.85. The Morgan fingerprint density at radius 2 is 1.76 bits per heavy atom. The van der Waals surface area contributed by atoms with Crippen molar-refractivity contribution in [2.24, 2.45) is 5.92 Å². The largest absolute Gasteiger partial charge is 0.494 e. The first-order valence-electron chi connectivity index (χ1n) is 10.4. The molecule has 0 saturated heterocycles. The van der Waals surface area contributed by atoms with E-state index in [4.69, 9.17) is 4.74 Å². The Labute approximate surface area is 172 Å². The summed E-state index contributed by atoms with van der Waals surface area (Å²) >= 11 is 0. The molecule has 2 nitrogen and oxygen atoms in total. The van der Waals surface area contributed by atoms with Crippen LogP contribution in [0.5, 0.6) is 5.75 Å². The normalized spacial score (nSPS) is 20.4. The highest BCUT2D eigenvalue weighted by Gasteiger charge is 2.35. The van der Waals surface area contributed by atoms with Crippen LogP contribution in [0, 0.1) is 17.2 Å². The Hall–Kier alpha value is -3.31. The van der Waals surface area contributed by atoms with Crippen molar-refractivity contribution in [3.05, 3.63) is 100 Å². The topological polar surface area (TPSA) is 33.0 Å². The fourth-order valence-electron chi connectivity index (χ4n) is 4.72. The molecule has 0 N–H and O–H groups in total. The zero-order valence-electron chi connectivity index (χ0n) is 16.3. The van der Waals surface area contributed by atoms with Gasteiger partial charge in [0.2, 0.25) is 0 Å². The van der Waals surface area contributed by atoms with Crippen molar-refractivity contribution >= 4 is 12.2 Å². The summed E-state index contributed by atoms with van der Waals surface area (Å²) in [4.78, 5) is 0. The van der Waals surface area contributed by atoms with E-state index in [0.29, 0.717) is 5.92 Å². The molecular formula is C27H23NO. The van der Waals surface area contributed by atoms with Crippen molar-refractivity contribution in [1.29, 1.82) is 5.26 Å². The van der Waals surface area contributed by atoms with E-state index in [9.17, 15) is 5.26 Å². The summed E-state index contributed by atoms with van der Waals surface area (Å²) in [6, 6.07) is 16.9. The number of para-hydroxylation sites is 1. The first kappa shape index (κ1) is 17.8. The summed E-state index contributed by atoms with van der Waals surface area (Å²) in [5.41, 5.74) is 7.45. The van der Waals surface area contributed by atoms with E-state index in [2.05, 4.69) is 48.6 Å². The summed E-state index contributed by atoms with van der Waals surface area (Å²) in [5.74, 6) is 1.58. The van der Waals surface area contributed by atoms with E-state index in [-0.39, 0.29) is 5.92 Å². The Balaban J connectivity index is 1.33. The van der Waals surface area contributed by atoms with E-state index < -0.39 is 0 Å². The number of hydrogen-bond acceptors (Lipinski definition) is 2. The number of unbranched alkanes of at least 4 members (excludes halogenated alkanes) is 1. The van der Waals surface area contributed by atoms with Gasteiger partial charge in [0.1, 0.15) is 5.75 Å². The number of ether oxygens (including phenoxy) is 1. The molecule has 0 fully saturated rings. The lowest BCUT2D eigenvalue weighted by Gasteiger charge is -2.36. The first-order valence-corrected chi connectivity index (χ1v) is 10.4. The quantitative estimate of drug-likeness (QED) is 0.559. The van der Waals surface area contributed by atoms with Crippen LogP contribution in [0.1, 0.15) is 41.0 Å². The maximum absolute atomic E-state index is 9.53. The first-order chi connectivity index (χ1) is 14.3. The lowest BCUT2D eigenvalue weighted by Crippen LogP contribution is -2.22. The molecule has 0 amide bonds. The molecule has 0 saturated carbocycles.